The molecule has 1 aliphatic heterocycles. The lowest BCUT2D eigenvalue weighted by Gasteiger charge is -2.35. The van der Waals surface area contributed by atoms with E-state index in [4.69, 9.17) is 10.5 Å². The molecule has 0 saturated carbocycles. The van der Waals surface area contributed by atoms with Crippen LogP contribution in [0.2, 0.25) is 0 Å². The largest absolute Gasteiger partial charge is 0.449 e. The number of carbonyl (C=O) groups is 2. The average molecular weight is 287 g/mol. The first-order valence-corrected chi connectivity index (χ1v) is 7.11. The van der Waals surface area contributed by atoms with E-state index in [0.29, 0.717) is 32.8 Å². The van der Waals surface area contributed by atoms with Crippen LogP contribution >= 0.6 is 0 Å². The summed E-state index contributed by atoms with van der Waals surface area (Å²) in [5, 5.41) is 9.33. The summed E-state index contributed by atoms with van der Waals surface area (Å²) in [6.45, 7) is 5.66. The number of hydrogen-bond acceptors (Lipinski definition) is 5. The second-order valence-corrected chi connectivity index (χ2v) is 5.05. The van der Waals surface area contributed by atoms with Crippen LogP contribution in [0.3, 0.4) is 0 Å². The van der Waals surface area contributed by atoms with E-state index in [0.717, 1.165) is 12.8 Å². The summed E-state index contributed by atoms with van der Waals surface area (Å²) >= 11 is 0. The summed E-state index contributed by atoms with van der Waals surface area (Å²) in [4.78, 5) is 26.8. The molecule has 0 spiro atoms. The maximum Gasteiger partial charge on any atom is 0.409 e. The Morgan fingerprint density at radius 3 is 2.30 bits per heavy atom. The van der Waals surface area contributed by atoms with Gasteiger partial charge in [0.2, 0.25) is 5.91 Å². The van der Waals surface area contributed by atoms with Crippen molar-refractivity contribution >= 4 is 12.0 Å². The maximum absolute atomic E-state index is 11.9. The maximum atomic E-state index is 11.9. The Hall–Kier alpha value is -1.34. The average Bonchev–Trinajstić information content (AvgIpc) is 2.46. The highest BCUT2D eigenvalue weighted by Crippen LogP contribution is 2.07. The van der Waals surface area contributed by atoms with Gasteiger partial charge in [0.25, 0.3) is 0 Å². The van der Waals surface area contributed by atoms with E-state index in [1.54, 1.807) is 9.80 Å². The van der Waals surface area contributed by atoms with Crippen molar-refractivity contribution in [3.05, 3.63) is 0 Å². The van der Waals surface area contributed by atoms with Gasteiger partial charge in [-0.25, -0.2) is 4.79 Å². The fraction of sp³-hybridized carbons (Fsp3) is 0.846. The Kier molecular flexibility index (Phi) is 6.74. The molecule has 0 aromatic heterocycles. The minimum Gasteiger partial charge on any atom is -0.449 e. The molecule has 20 heavy (non-hydrogen) atoms. The zero-order valence-electron chi connectivity index (χ0n) is 12.2. The van der Waals surface area contributed by atoms with E-state index in [-0.39, 0.29) is 12.0 Å². The van der Waals surface area contributed by atoms with Crippen LogP contribution in [0.15, 0.2) is 0 Å². The number of aliphatic hydroxyl groups is 1. The van der Waals surface area contributed by atoms with Crippen LogP contribution < -0.4 is 5.73 Å². The molecule has 1 rings (SSSR count). The van der Waals surface area contributed by atoms with Gasteiger partial charge in [-0.2, -0.15) is 0 Å². The van der Waals surface area contributed by atoms with Crippen molar-refractivity contribution in [3.63, 3.8) is 0 Å². The number of carbonyl (C=O) groups excluding carboxylic acids is 2. The lowest BCUT2D eigenvalue weighted by atomic mass is 10.1. The van der Waals surface area contributed by atoms with Gasteiger partial charge >= 0.3 is 6.09 Å². The van der Waals surface area contributed by atoms with Crippen molar-refractivity contribution in [1.29, 1.82) is 0 Å². The summed E-state index contributed by atoms with van der Waals surface area (Å²) in [7, 11) is 0. The van der Waals surface area contributed by atoms with E-state index in [1.807, 2.05) is 6.92 Å². The third-order valence-electron chi connectivity index (χ3n) is 3.38. The number of hydrogen-bond donors (Lipinski definition) is 2. The Bertz CT molecular complexity index is 328. The number of ether oxygens (including phenoxy) is 1. The topological polar surface area (TPSA) is 96.1 Å². The predicted molar refractivity (Wildman–Crippen MR) is 74.1 cm³/mol. The Labute approximate surface area is 119 Å². The number of nitrogens with zero attached hydrogens (tertiary/aromatic N) is 2. The standard InChI is InChI=1S/C13H25N3O4/c1-3-4-9-20-13(19)16-7-5-15(6-8-16)12(18)11(14)10(2)17/h10-11,17H,3-9,14H2,1-2H3. The molecular weight excluding hydrogens is 262 g/mol. The molecule has 1 fully saturated rings. The van der Waals surface area contributed by atoms with E-state index in [2.05, 4.69) is 0 Å². The predicted octanol–water partition coefficient (Wildman–Crippen LogP) is -0.225. The van der Waals surface area contributed by atoms with Crippen LogP contribution in [0.1, 0.15) is 26.7 Å². The van der Waals surface area contributed by atoms with Gasteiger partial charge in [0.1, 0.15) is 6.04 Å². The van der Waals surface area contributed by atoms with Gasteiger partial charge in [-0.1, -0.05) is 13.3 Å². The van der Waals surface area contributed by atoms with Crippen LogP contribution in [-0.4, -0.2) is 71.8 Å². The molecule has 1 heterocycles. The molecule has 0 aromatic carbocycles. The van der Waals surface area contributed by atoms with Gasteiger partial charge in [0.05, 0.1) is 12.7 Å². The Morgan fingerprint density at radius 2 is 1.80 bits per heavy atom. The number of aliphatic hydroxyl groups excluding tert-OH is 1. The van der Waals surface area contributed by atoms with Crippen molar-refractivity contribution in [2.24, 2.45) is 5.73 Å². The van der Waals surface area contributed by atoms with E-state index in [1.165, 1.54) is 6.92 Å². The minimum absolute atomic E-state index is 0.279. The third kappa shape index (κ3) is 4.64. The van der Waals surface area contributed by atoms with Crippen molar-refractivity contribution in [2.75, 3.05) is 32.8 Å². The smallest absolute Gasteiger partial charge is 0.409 e. The fourth-order valence-corrected chi connectivity index (χ4v) is 1.92. The lowest BCUT2D eigenvalue weighted by Crippen LogP contribution is -2.56. The number of piperazine rings is 1. The molecule has 3 N–H and O–H groups in total. The second kappa shape index (κ2) is 8.06. The van der Waals surface area contributed by atoms with Crippen LogP contribution in [0.5, 0.6) is 0 Å². The monoisotopic (exact) mass is 287 g/mol. The summed E-state index contributed by atoms with van der Waals surface area (Å²) in [6, 6.07) is -0.905. The second-order valence-electron chi connectivity index (χ2n) is 5.05. The molecule has 1 aliphatic rings. The summed E-state index contributed by atoms with van der Waals surface area (Å²) in [5.41, 5.74) is 5.62. The molecular formula is C13H25N3O4. The Balaban J connectivity index is 2.36. The fourth-order valence-electron chi connectivity index (χ4n) is 1.92. The highest BCUT2D eigenvalue weighted by atomic mass is 16.6. The SMILES string of the molecule is CCCCOC(=O)N1CCN(C(=O)C(N)C(C)O)CC1. The first-order valence-electron chi connectivity index (χ1n) is 7.11. The Morgan fingerprint density at radius 1 is 1.25 bits per heavy atom. The summed E-state index contributed by atoms with van der Waals surface area (Å²) < 4.78 is 5.12. The molecule has 2 atom stereocenters. The summed E-state index contributed by atoms with van der Waals surface area (Å²) in [6.07, 6.45) is 0.630. The highest BCUT2D eigenvalue weighted by molar-refractivity contribution is 5.82. The quantitative estimate of drug-likeness (QED) is 0.681. The highest BCUT2D eigenvalue weighted by Gasteiger charge is 2.29. The van der Waals surface area contributed by atoms with Crippen molar-refractivity contribution in [3.8, 4) is 0 Å². The van der Waals surface area contributed by atoms with E-state index in [9.17, 15) is 14.7 Å². The molecule has 1 saturated heterocycles. The van der Waals surface area contributed by atoms with Gasteiger partial charge in [0.15, 0.2) is 0 Å². The van der Waals surface area contributed by atoms with Crippen LogP contribution in [-0.2, 0) is 9.53 Å². The molecule has 116 valence electrons. The first-order chi connectivity index (χ1) is 9.47. The molecule has 7 nitrogen and oxygen atoms in total. The van der Waals surface area contributed by atoms with E-state index >= 15 is 0 Å². The van der Waals surface area contributed by atoms with Crippen molar-refractivity contribution in [2.45, 2.75) is 38.8 Å². The van der Waals surface area contributed by atoms with Crippen LogP contribution in [0.25, 0.3) is 0 Å². The third-order valence-corrected chi connectivity index (χ3v) is 3.38. The number of unbranched alkanes of at least 4 members (excludes halogenated alkanes) is 1. The lowest BCUT2D eigenvalue weighted by molar-refractivity contribution is -0.136. The molecule has 0 bridgehead atoms. The van der Waals surface area contributed by atoms with E-state index < -0.39 is 12.1 Å². The zero-order chi connectivity index (χ0) is 15.1. The molecule has 2 unspecified atom stereocenters. The number of rotatable bonds is 5. The molecule has 0 radical (unpaired) electrons. The molecule has 0 aromatic rings. The van der Waals surface area contributed by atoms with Gasteiger partial charge < -0.3 is 25.4 Å². The molecule has 0 aliphatic carbocycles. The first kappa shape index (κ1) is 16.7. The van der Waals surface area contributed by atoms with Crippen molar-refractivity contribution < 1.29 is 19.4 Å². The summed E-state index contributed by atoms with van der Waals surface area (Å²) in [5.74, 6) is -0.279. The van der Waals surface area contributed by atoms with Crippen molar-refractivity contribution in [1.82, 2.24) is 9.80 Å². The van der Waals surface area contributed by atoms with Gasteiger partial charge in [-0.3, -0.25) is 4.79 Å². The molecule has 2 amide bonds. The minimum atomic E-state index is -0.905. The molecule has 7 heteroatoms. The number of nitrogens with two attached hydrogens (primary N) is 1. The number of amides is 2. The van der Waals surface area contributed by atoms with Gasteiger partial charge in [0, 0.05) is 26.2 Å². The van der Waals surface area contributed by atoms with Gasteiger partial charge in [-0.05, 0) is 13.3 Å². The van der Waals surface area contributed by atoms with Gasteiger partial charge in [-0.15, -0.1) is 0 Å². The van der Waals surface area contributed by atoms with Crippen LogP contribution in [0.4, 0.5) is 4.79 Å². The normalized spacial score (nSPS) is 18.6. The van der Waals surface area contributed by atoms with Crippen LogP contribution in [0, 0.1) is 0 Å². The zero-order valence-corrected chi connectivity index (χ0v) is 12.2.